The van der Waals surface area contributed by atoms with Gasteiger partial charge in [0.2, 0.25) is 0 Å². The second kappa shape index (κ2) is 5.08. The van der Waals surface area contributed by atoms with Crippen molar-refractivity contribution in [1.82, 2.24) is 5.32 Å². The first-order chi connectivity index (χ1) is 7.57. The van der Waals surface area contributed by atoms with Gasteiger partial charge in [-0.1, -0.05) is 46.5 Å². The lowest BCUT2D eigenvalue weighted by Crippen LogP contribution is -2.47. The van der Waals surface area contributed by atoms with Crippen LogP contribution in [0.2, 0.25) is 0 Å². The molecule has 2 atom stereocenters. The number of hydrogen-bond acceptors (Lipinski definition) is 1. The van der Waals surface area contributed by atoms with E-state index < -0.39 is 0 Å². The number of rotatable bonds is 2. The molecule has 0 aromatic heterocycles. The van der Waals surface area contributed by atoms with Crippen LogP contribution in [0.5, 0.6) is 0 Å². The second-order valence-corrected chi connectivity index (χ2v) is 7.01. The van der Waals surface area contributed by atoms with Gasteiger partial charge in [-0.3, -0.25) is 0 Å². The lowest BCUT2D eigenvalue weighted by molar-refractivity contribution is 0.123. The van der Waals surface area contributed by atoms with Crippen molar-refractivity contribution in [3.63, 3.8) is 0 Å². The highest BCUT2D eigenvalue weighted by Crippen LogP contribution is 2.38. The van der Waals surface area contributed by atoms with Crippen molar-refractivity contribution in [3.05, 3.63) is 0 Å². The lowest BCUT2D eigenvalue weighted by atomic mass is 9.69. The van der Waals surface area contributed by atoms with Crippen molar-refractivity contribution in [2.24, 2.45) is 11.3 Å². The molecule has 0 aromatic carbocycles. The first-order valence-corrected chi connectivity index (χ1v) is 7.33. The predicted molar refractivity (Wildman–Crippen MR) is 70.6 cm³/mol. The van der Waals surface area contributed by atoms with Crippen LogP contribution < -0.4 is 5.32 Å². The summed E-state index contributed by atoms with van der Waals surface area (Å²) in [5.74, 6) is 0.891. The molecule has 1 nitrogen and oxygen atoms in total. The van der Waals surface area contributed by atoms with Gasteiger partial charge in [0.05, 0.1) is 0 Å². The van der Waals surface area contributed by atoms with Crippen molar-refractivity contribution < 1.29 is 0 Å². The Morgan fingerprint density at radius 3 is 2.00 bits per heavy atom. The summed E-state index contributed by atoms with van der Waals surface area (Å²) < 4.78 is 0. The van der Waals surface area contributed by atoms with Crippen molar-refractivity contribution in [2.45, 2.75) is 84.2 Å². The minimum absolute atomic E-state index is 0.483. The Labute approximate surface area is 101 Å². The zero-order valence-corrected chi connectivity index (χ0v) is 11.4. The molecule has 2 fully saturated rings. The molecule has 0 aromatic rings. The summed E-state index contributed by atoms with van der Waals surface area (Å²) >= 11 is 0. The Balaban J connectivity index is 1.93. The van der Waals surface area contributed by atoms with E-state index in [4.69, 9.17) is 0 Å². The zero-order valence-electron chi connectivity index (χ0n) is 11.4. The maximum Gasteiger partial charge on any atom is 0.0103 e. The summed E-state index contributed by atoms with van der Waals surface area (Å²) in [6.45, 7) is 7.27. The maximum atomic E-state index is 3.97. The van der Waals surface area contributed by atoms with Gasteiger partial charge in [0, 0.05) is 12.1 Å². The lowest BCUT2D eigenvalue weighted by Gasteiger charge is -2.42. The topological polar surface area (TPSA) is 12.0 Å². The number of nitrogens with one attached hydrogen (secondary N) is 1. The average molecular weight is 223 g/mol. The SMILES string of the molecule is CC(C)(C)C1CCCCC1NC1CCCC1. The van der Waals surface area contributed by atoms with Gasteiger partial charge in [-0.15, -0.1) is 0 Å². The van der Waals surface area contributed by atoms with E-state index in [1.165, 1.54) is 51.4 Å². The molecule has 2 aliphatic rings. The van der Waals surface area contributed by atoms with Crippen LogP contribution in [-0.2, 0) is 0 Å². The average Bonchev–Trinajstić information content (AvgIpc) is 2.70. The number of hydrogen-bond donors (Lipinski definition) is 1. The Bertz CT molecular complexity index is 210. The fourth-order valence-corrected chi connectivity index (χ4v) is 3.76. The fourth-order valence-electron chi connectivity index (χ4n) is 3.76. The highest BCUT2D eigenvalue weighted by atomic mass is 15.0. The third-order valence-electron chi connectivity index (χ3n) is 4.68. The molecule has 0 bridgehead atoms. The smallest absolute Gasteiger partial charge is 0.0103 e. The van der Waals surface area contributed by atoms with Gasteiger partial charge in [-0.2, -0.15) is 0 Å². The molecule has 0 saturated heterocycles. The third-order valence-corrected chi connectivity index (χ3v) is 4.68. The van der Waals surface area contributed by atoms with Crippen LogP contribution in [0.25, 0.3) is 0 Å². The standard InChI is InChI=1S/C15H29N/c1-15(2,3)13-10-6-7-11-14(13)16-12-8-4-5-9-12/h12-14,16H,4-11H2,1-3H3. The van der Waals surface area contributed by atoms with E-state index in [9.17, 15) is 0 Å². The van der Waals surface area contributed by atoms with Crippen molar-refractivity contribution >= 4 is 0 Å². The van der Waals surface area contributed by atoms with Crippen molar-refractivity contribution in [1.29, 1.82) is 0 Å². The molecule has 0 heterocycles. The van der Waals surface area contributed by atoms with Gasteiger partial charge < -0.3 is 5.32 Å². The van der Waals surface area contributed by atoms with Gasteiger partial charge in [0.15, 0.2) is 0 Å². The summed E-state index contributed by atoms with van der Waals surface area (Å²) in [4.78, 5) is 0. The summed E-state index contributed by atoms with van der Waals surface area (Å²) in [5, 5.41) is 3.97. The molecule has 0 radical (unpaired) electrons. The summed E-state index contributed by atoms with van der Waals surface area (Å²) in [6.07, 6.45) is 11.5. The van der Waals surface area contributed by atoms with Crippen LogP contribution in [0.4, 0.5) is 0 Å². The molecular formula is C15H29N. The summed E-state index contributed by atoms with van der Waals surface area (Å²) in [6, 6.07) is 1.64. The largest absolute Gasteiger partial charge is 0.311 e. The molecule has 2 aliphatic carbocycles. The van der Waals surface area contributed by atoms with Gasteiger partial charge in [0.1, 0.15) is 0 Å². The van der Waals surface area contributed by atoms with E-state index in [1.54, 1.807) is 0 Å². The molecule has 0 amide bonds. The molecule has 2 rings (SSSR count). The molecule has 94 valence electrons. The summed E-state index contributed by atoms with van der Waals surface area (Å²) in [7, 11) is 0. The van der Waals surface area contributed by atoms with Crippen LogP contribution in [0.3, 0.4) is 0 Å². The zero-order chi connectivity index (χ0) is 11.6. The highest BCUT2D eigenvalue weighted by molar-refractivity contribution is 4.90. The van der Waals surface area contributed by atoms with E-state index in [2.05, 4.69) is 26.1 Å². The predicted octanol–water partition coefficient (Wildman–Crippen LogP) is 4.12. The minimum Gasteiger partial charge on any atom is -0.311 e. The van der Waals surface area contributed by atoms with E-state index in [1.807, 2.05) is 0 Å². The highest BCUT2D eigenvalue weighted by Gasteiger charge is 2.35. The maximum absolute atomic E-state index is 3.97. The first kappa shape index (κ1) is 12.4. The van der Waals surface area contributed by atoms with Gasteiger partial charge >= 0.3 is 0 Å². The molecule has 16 heavy (non-hydrogen) atoms. The quantitative estimate of drug-likeness (QED) is 0.742. The van der Waals surface area contributed by atoms with Gasteiger partial charge in [0.25, 0.3) is 0 Å². The Morgan fingerprint density at radius 1 is 0.812 bits per heavy atom. The van der Waals surface area contributed by atoms with E-state index >= 15 is 0 Å². The van der Waals surface area contributed by atoms with E-state index in [-0.39, 0.29) is 0 Å². The Morgan fingerprint density at radius 2 is 1.38 bits per heavy atom. The normalized spacial score (nSPS) is 33.2. The minimum atomic E-state index is 0.483. The molecule has 2 unspecified atom stereocenters. The molecular weight excluding hydrogens is 194 g/mol. The monoisotopic (exact) mass is 223 g/mol. The van der Waals surface area contributed by atoms with Gasteiger partial charge in [-0.05, 0) is 37.0 Å². The van der Waals surface area contributed by atoms with Crippen LogP contribution >= 0.6 is 0 Å². The fraction of sp³-hybridized carbons (Fsp3) is 1.00. The molecule has 0 spiro atoms. The molecule has 1 N–H and O–H groups in total. The first-order valence-electron chi connectivity index (χ1n) is 7.33. The molecule has 2 saturated carbocycles. The van der Waals surface area contributed by atoms with Crippen LogP contribution in [-0.4, -0.2) is 12.1 Å². The Hall–Kier alpha value is -0.0400. The second-order valence-electron chi connectivity index (χ2n) is 7.01. The van der Waals surface area contributed by atoms with Gasteiger partial charge in [-0.25, -0.2) is 0 Å². The third kappa shape index (κ3) is 3.00. The van der Waals surface area contributed by atoms with E-state index in [0.717, 1.165) is 18.0 Å². The Kier molecular flexibility index (Phi) is 3.94. The van der Waals surface area contributed by atoms with E-state index in [0.29, 0.717) is 5.41 Å². The molecule has 1 heteroatoms. The van der Waals surface area contributed by atoms with Crippen LogP contribution in [0, 0.1) is 11.3 Å². The van der Waals surface area contributed by atoms with Crippen molar-refractivity contribution in [3.8, 4) is 0 Å². The summed E-state index contributed by atoms with van der Waals surface area (Å²) in [5.41, 5.74) is 0.483. The van der Waals surface area contributed by atoms with Crippen LogP contribution in [0.15, 0.2) is 0 Å². The van der Waals surface area contributed by atoms with Crippen molar-refractivity contribution in [2.75, 3.05) is 0 Å². The van der Waals surface area contributed by atoms with Crippen LogP contribution in [0.1, 0.15) is 72.1 Å². The molecule has 0 aliphatic heterocycles.